The average Bonchev–Trinajstić information content (AvgIpc) is 2.80. The van der Waals surface area contributed by atoms with Crippen LogP contribution in [0.2, 0.25) is 0 Å². The van der Waals surface area contributed by atoms with E-state index in [9.17, 15) is 18.9 Å². The Kier molecular flexibility index (Phi) is 3.41. The maximum atomic E-state index is 13.4. The summed E-state index contributed by atoms with van der Waals surface area (Å²) in [4.78, 5) is 16.7. The van der Waals surface area contributed by atoms with Crippen LogP contribution in [0.15, 0.2) is 24.5 Å². The first-order valence-electron chi connectivity index (χ1n) is 5.38. The lowest BCUT2D eigenvalue weighted by molar-refractivity contribution is -0.386. The number of rotatable bonds is 4. The third kappa shape index (κ3) is 2.67. The minimum Gasteiger partial charge on any atom is -0.370 e. The molecule has 8 heteroatoms. The monoisotopic (exact) mass is 268 g/mol. The SMILES string of the molecule is CC(Nc1cc(F)cc(F)c1[N+](=O)[O-])c1ncc[nH]1. The molecule has 0 spiro atoms. The van der Waals surface area contributed by atoms with Gasteiger partial charge in [-0.3, -0.25) is 10.1 Å². The van der Waals surface area contributed by atoms with Crippen molar-refractivity contribution in [3.05, 3.63) is 52.1 Å². The van der Waals surface area contributed by atoms with Crippen LogP contribution in [-0.2, 0) is 0 Å². The summed E-state index contributed by atoms with van der Waals surface area (Å²) in [5.41, 5.74) is -1.02. The van der Waals surface area contributed by atoms with Gasteiger partial charge in [0.1, 0.15) is 17.3 Å². The van der Waals surface area contributed by atoms with Gasteiger partial charge < -0.3 is 10.3 Å². The van der Waals surface area contributed by atoms with Crippen LogP contribution in [0.3, 0.4) is 0 Å². The standard InChI is InChI=1S/C11H10F2N4O2/c1-6(11-14-2-3-15-11)16-9-5-7(12)4-8(13)10(9)17(18)19/h2-6,16H,1H3,(H,14,15). The Morgan fingerprint density at radius 2 is 2.21 bits per heavy atom. The molecule has 0 saturated carbocycles. The van der Waals surface area contributed by atoms with Crippen molar-refractivity contribution < 1.29 is 13.7 Å². The number of nitro groups is 1. The summed E-state index contributed by atoms with van der Waals surface area (Å²) in [5.74, 6) is -1.62. The van der Waals surface area contributed by atoms with Gasteiger partial charge in [-0.15, -0.1) is 0 Å². The van der Waals surface area contributed by atoms with Crippen molar-refractivity contribution in [2.45, 2.75) is 13.0 Å². The molecule has 1 atom stereocenters. The van der Waals surface area contributed by atoms with Crippen molar-refractivity contribution >= 4 is 11.4 Å². The summed E-state index contributed by atoms with van der Waals surface area (Å²) in [6.45, 7) is 1.66. The summed E-state index contributed by atoms with van der Waals surface area (Å²) < 4.78 is 26.5. The lowest BCUT2D eigenvalue weighted by Gasteiger charge is -2.13. The fourth-order valence-electron chi connectivity index (χ4n) is 1.68. The van der Waals surface area contributed by atoms with Crippen molar-refractivity contribution in [2.75, 3.05) is 5.32 Å². The molecule has 2 N–H and O–H groups in total. The first kappa shape index (κ1) is 12.9. The molecule has 0 aliphatic rings. The Bertz CT molecular complexity index is 601. The van der Waals surface area contributed by atoms with E-state index in [1.165, 1.54) is 6.20 Å². The molecule has 0 radical (unpaired) electrons. The van der Waals surface area contributed by atoms with Crippen LogP contribution in [0.5, 0.6) is 0 Å². The summed E-state index contributed by atoms with van der Waals surface area (Å²) in [5, 5.41) is 13.5. The Balaban J connectivity index is 2.36. The number of imidazole rings is 1. The van der Waals surface area contributed by atoms with E-state index in [1.54, 1.807) is 13.1 Å². The molecule has 6 nitrogen and oxygen atoms in total. The quantitative estimate of drug-likeness (QED) is 0.659. The highest BCUT2D eigenvalue weighted by Gasteiger charge is 2.23. The van der Waals surface area contributed by atoms with E-state index in [1.807, 2.05) is 0 Å². The molecule has 0 aliphatic carbocycles. The largest absolute Gasteiger partial charge is 0.370 e. The molecule has 0 amide bonds. The number of nitrogens with zero attached hydrogens (tertiary/aromatic N) is 2. The number of nitrogens with one attached hydrogen (secondary N) is 2. The van der Waals surface area contributed by atoms with Crippen LogP contribution in [-0.4, -0.2) is 14.9 Å². The fraction of sp³-hybridized carbons (Fsp3) is 0.182. The minimum absolute atomic E-state index is 0.230. The number of aromatic nitrogens is 2. The average molecular weight is 268 g/mol. The topological polar surface area (TPSA) is 83.8 Å². The Morgan fingerprint density at radius 1 is 1.47 bits per heavy atom. The maximum Gasteiger partial charge on any atom is 0.327 e. The Morgan fingerprint density at radius 3 is 2.79 bits per heavy atom. The minimum atomic E-state index is -1.22. The molecule has 0 bridgehead atoms. The molecule has 1 unspecified atom stereocenters. The molecular weight excluding hydrogens is 258 g/mol. The lowest BCUT2D eigenvalue weighted by atomic mass is 10.2. The van der Waals surface area contributed by atoms with Gasteiger partial charge in [-0.2, -0.15) is 4.39 Å². The van der Waals surface area contributed by atoms with Crippen molar-refractivity contribution in [1.82, 2.24) is 9.97 Å². The molecule has 1 aromatic carbocycles. The van der Waals surface area contributed by atoms with Crippen molar-refractivity contribution in [2.24, 2.45) is 0 Å². The highest BCUT2D eigenvalue weighted by atomic mass is 19.1. The van der Waals surface area contributed by atoms with E-state index in [0.717, 1.165) is 6.07 Å². The van der Waals surface area contributed by atoms with Gasteiger partial charge >= 0.3 is 5.69 Å². The van der Waals surface area contributed by atoms with E-state index >= 15 is 0 Å². The summed E-state index contributed by atoms with van der Waals surface area (Å²) >= 11 is 0. The zero-order chi connectivity index (χ0) is 14.0. The number of nitro benzene ring substituents is 1. The number of hydrogen-bond donors (Lipinski definition) is 2. The second kappa shape index (κ2) is 5.01. The van der Waals surface area contributed by atoms with Gasteiger partial charge in [0.25, 0.3) is 0 Å². The maximum absolute atomic E-state index is 13.4. The molecule has 2 rings (SSSR count). The van der Waals surface area contributed by atoms with Crippen molar-refractivity contribution in [3.63, 3.8) is 0 Å². The van der Waals surface area contributed by atoms with Crippen LogP contribution in [0, 0.1) is 21.7 Å². The number of aromatic amines is 1. The number of halogens is 2. The zero-order valence-corrected chi connectivity index (χ0v) is 9.85. The van der Waals surface area contributed by atoms with Gasteiger partial charge in [0.05, 0.1) is 11.0 Å². The Labute approximate surface area is 106 Å². The fourth-order valence-corrected chi connectivity index (χ4v) is 1.68. The van der Waals surface area contributed by atoms with Crippen LogP contribution in [0.25, 0.3) is 0 Å². The van der Waals surface area contributed by atoms with Crippen LogP contribution in [0.1, 0.15) is 18.8 Å². The molecule has 2 aromatic rings. The number of hydrogen-bond acceptors (Lipinski definition) is 4. The second-order valence-corrected chi connectivity index (χ2v) is 3.88. The molecule has 0 saturated heterocycles. The van der Waals surface area contributed by atoms with Crippen molar-refractivity contribution in [3.8, 4) is 0 Å². The molecular formula is C11H10F2N4O2. The highest BCUT2D eigenvalue weighted by Crippen LogP contribution is 2.31. The molecule has 1 aromatic heterocycles. The van der Waals surface area contributed by atoms with Crippen LogP contribution >= 0.6 is 0 Å². The first-order valence-corrected chi connectivity index (χ1v) is 5.38. The molecule has 100 valence electrons. The normalized spacial score (nSPS) is 12.2. The zero-order valence-electron chi connectivity index (χ0n) is 9.85. The van der Waals surface area contributed by atoms with Gasteiger partial charge in [-0.1, -0.05) is 0 Å². The highest BCUT2D eigenvalue weighted by molar-refractivity contribution is 5.62. The van der Waals surface area contributed by atoms with E-state index in [4.69, 9.17) is 0 Å². The van der Waals surface area contributed by atoms with Gasteiger partial charge in [0.2, 0.25) is 5.82 Å². The van der Waals surface area contributed by atoms with Gasteiger partial charge in [-0.05, 0) is 6.92 Å². The van der Waals surface area contributed by atoms with Gasteiger partial charge in [0, 0.05) is 24.5 Å². The lowest BCUT2D eigenvalue weighted by Crippen LogP contribution is -2.11. The van der Waals surface area contributed by atoms with Gasteiger partial charge in [0.15, 0.2) is 0 Å². The Hall–Kier alpha value is -2.51. The molecule has 19 heavy (non-hydrogen) atoms. The third-order valence-electron chi connectivity index (χ3n) is 2.51. The number of H-pyrrole nitrogens is 1. The smallest absolute Gasteiger partial charge is 0.327 e. The predicted molar refractivity (Wildman–Crippen MR) is 63.6 cm³/mol. The molecule has 0 fully saturated rings. The van der Waals surface area contributed by atoms with E-state index in [2.05, 4.69) is 15.3 Å². The van der Waals surface area contributed by atoms with Crippen molar-refractivity contribution in [1.29, 1.82) is 0 Å². The first-order chi connectivity index (χ1) is 8.99. The van der Waals surface area contributed by atoms with E-state index in [-0.39, 0.29) is 5.69 Å². The van der Waals surface area contributed by atoms with E-state index in [0.29, 0.717) is 11.9 Å². The van der Waals surface area contributed by atoms with Gasteiger partial charge in [-0.25, -0.2) is 9.37 Å². The molecule has 1 heterocycles. The summed E-state index contributed by atoms with van der Waals surface area (Å²) in [6.07, 6.45) is 3.09. The van der Waals surface area contributed by atoms with Crippen LogP contribution < -0.4 is 5.32 Å². The molecule has 0 aliphatic heterocycles. The summed E-state index contributed by atoms with van der Waals surface area (Å²) in [6, 6.07) is 0.886. The third-order valence-corrected chi connectivity index (χ3v) is 2.51. The number of anilines is 1. The van der Waals surface area contributed by atoms with E-state index < -0.39 is 28.3 Å². The summed E-state index contributed by atoms with van der Waals surface area (Å²) in [7, 11) is 0. The predicted octanol–water partition coefficient (Wildman–Crippen LogP) is 2.77. The second-order valence-electron chi connectivity index (χ2n) is 3.88. The van der Waals surface area contributed by atoms with Crippen LogP contribution in [0.4, 0.5) is 20.2 Å². The number of benzene rings is 1.